The predicted octanol–water partition coefficient (Wildman–Crippen LogP) is 7.84. The minimum absolute atomic E-state index is 0. The molecule has 5 aromatic rings. The van der Waals surface area contributed by atoms with Gasteiger partial charge >= 0.3 is 0 Å². The minimum Gasteiger partial charge on any atom is -0.505 e. The van der Waals surface area contributed by atoms with Crippen LogP contribution in [0.2, 0.25) is 0 Å². The Hall–Kier alpha value is -3.07. The van der Waals surface area contributed by atoms with Crippen LogP contribution in [-0.2, 0) is 32.9 Å². The monoisotopic (exact) mass is 637 g/mol. The summed E-state index contributed by atoms with van der Waals surface area (Å²) in [6, 6.07) is 28.6. The van der Waals surface area contributed by atoms with Crippen molar-refractivity contribution in [1.29, 1.82) is 0 Å². The number of furan rings is 1. The van der Waals surface area contributed by atoms with Crippen LogP contribution in [0.25, 0.3) is 33.5 Å². The summed E-state index contributed by atoms with van der Waals surface area (Å²) in [5.74, 6) is 1.66. The second-order valence-corrected chi connectivity index (χ2v) is 8.93. The molecule has 0 saturated heterocycles. The van der Waals surface area contributed by atoms with Gasteiger partial charge in [0.1, 0.15) is 0 Å². The first-order valence-corrected chi connectivity index (χ1v) is 12.0. The molecule has 0 fully saturated rings. The fraction of sp³-hybridized carbons (Fsp3) is 0.226. The first kappa shape index (κ1) is 25.0. The van der Waals surface area contributed by atoms with Crippen molar-refractivity contribution in [2.75, 3.05) is 0 Å². The second kappa shape index (κ2) is 11.6. The maximum absolute atomic E-state index is 6.21. The van der Waals surface area contributed by atoms with Crippen molar-refractivity contribution >= 4 is 11.0 Å². The number of nitrogens with zero attached hydrogens (tertiary/aromatic N) is 2. The molecule has 4 heteroatoms. The van der Waals surface area contributed by atoms with E-state index in [2.05, 4.69) is 54.1 Å². The van der Waals surface area contributed by atoms with Crippen LogP contribution in [0.1, 0.15) is 49.5 Å². The van der Waals surface area contributed by atoms with Crippen molar-refractivity contribution < 1.29 is 24.5 Å². The number of hydrogen-bond donors (Lipinski definition) is 0. The van der Waals surface area contributed by atoms with Gasteiger partial charge in [-0.25, -0.2) is 0 Å². The van der Waals surface area contributed by atoms with Gasteiger partial charge in [0, 0.05) is 38.9 Å². The first-order chi connectivity index (χ1) is 16.7. The Morgan fingerprint density at radius 2 is 1.66 bits per heavy atom. The van der Waals surface area contributed by atoms with E-state index < -0.39 is 0 Å². The number of aromatic nitrogens is 2. The molecule has 0 saturated carbocycles. The topological polar surface area (TPSA) is 38.9 Å². The van der Waals surface area contributed by atoms with Crippen molar-refractivity contribution in [1.82, 2.24) is 9.97 Å². The van der Waals surface area contributed by atoms with Gasteiger partial charge in [0.2, 0.25) is 0 Å². The van der Waals surface area contributed by atoms with E-state index >= 15 is 0 Å². The van der Waals surface area contributed by atoms with Gasteiger partial charge in [-0.1, -0.05) is 48.6 Å². The minimum atomic E-state index is 0. The van der Waals surface area contributed by atoms with Crippen LogP contribution in [0.5, 0.6) is 0 Å². The predicted molar refractivity (Wildman–Crippen MR) is 138 cm³/mol. The summed E-state index contributed by atoms with van der Waals surface area (Å²) < 4.78 is 6.21. The van der Waals surface area contributed by atoms with Gasteiger partial charge in [0.25, 0.3) is 0 Å². The van der Waals surface area contributed by atoms with E-state index in [0.717, 1.165) is 40.9 Å². The van der Waals surface area contributed by atoms with Gasteiger partial charge in [-0.3, -0.25) is 0 Å². The molecule has 0 aliphatic heterocycles. The molecule has 0 atom stereocenters. The Balaban J connectivity index is 0.000000189. The number of aryl methyl sites for hydroxylation is 2. The molecule has 3 heterocycles. The van der Waals surface area contributed by atoms with Gasteiger partial charge < -0.3 is 14.4 Å². The molecule has 2 aromatic carbocycles. The van der Waals surface area contributed by atoms with Crippen molar-refractivity contribution in [3.63, 3.8) is 0 Å². The van der Waals surface area contributed by atoms with Crippen molar-refractivity contribution in [3.8, 4) is 22.5 Å². The van der Waals surface area contributed by atoms with Crippen LogP contribution in [0.3, 0.4) is 0 Å². The summed E-state index contributed by atoms with van der Waals surface area (Å²) in [6.07, 6.45) is 8.36. The number of pyridine rings is 2. The van der Waals surface area contributed by atoms with Crippen molar-refractivity contribution in [2.24, 2.45) is 0 Å². The summed E-state index contributed by atoms with van der Waals surface area (Å²) in [6.45, 7) is 4.41. The fourth-order valence-corrected chi connectivity index (χ4v) is 4.43. The number of rotatable bonds is 3. The molecule has 1 radical (unpaired) electrons. The molecule has 179 valence electrons. The van der Waals surface area contributed by atoms with Gasteiger partial charge in [0.05, 0.1) is 11.3 Å². The first-order valence-electron chi connectivity index (χ1n) is 12.0. The summed E-state index contributed by atoms with van der Waals surface area (Å²) in [4.78, 5) is 8.77. The molecule has 3 nitrogen and oxygen atoms in total. The van der Waals surface area contributed by atoms with E-state index in [4.69, 9.17) is 4.42 Å². The summed E-state index contributed by atoms with van der Waals surface area (Å²) in [7, 11) is 0. The molecule has 0 amide bonds. The van der Waals surface area contributed by atoms with E-state index in [9.17, 15) is 0 Å². The number of fused-ring (bicyclic) bond motifs is 3. The molecule has 35 heavy (non-hydrogen) atoms. The van der Waals surface area contributed by atoms with Crippen LogP contribution in [0.15, 0.2) is 83.5 Å². The quantitative estimate of drug-likeness (QED) is 0.190. The van der Waals surface area contributed by atoms with Crippen LogP contribution in [0, 0.1) is 12.1 Å². The zero-order chi connectivity index (χ0) is 23.3. The van der Waals surface area contributed by atoms with Crippen LogP contribution in [0.4, 0.5) is 0 Å². The van der Waals surface area contributed by atoms with E-state index in [0.29, 0.717) is 5.92 Å². The molecule has 0 N–H and O–H groups in total. The third-order valence-electron chi connectivity index (χ3n) is 6.27. The van der Waals surface area contributed by atoms with Crippen molar-refractivity contribution in [2.45, 2.75) is 45.4 Å². The third kappa shape index (κ3) is 5.61. The van der Waals surface area contributed by atoms with Crippen LogP contribution >= 0.6 is 0 Å². The van der Waals surface area contributed by atoms with Gasteiger partial charge in [-0.15, -0.1) is 54.1 Å². The Morgan fingerprint density at radius 1 is 0.829 bits per heavy atom. The average Bonchev–Trinajstić information content (AvgIpc) is 3.29. The van der Waals surface area contributed by atoms with Gasteiger partial charge in [0.15, 0.2) is 0 Å². The molecular weight excluding hydrogens is 609 g/mol. The zero-order valence-corrected chi connectivity index (χ0v) is 22.4. The Labute approximate surface area is 221 Å². The largest absolute Gasteiger partial charge is 0.505 e. The molecule has 0 bridgehead atoms. The molecule has 0 spiro atoms. The normalized spacial score (nSPS) is 12.4. The summed E-state index contributed by atoms with van der Waals surface area (Å²) >= 11 is 0. The van der Waals surface area contributed by atoms with Crippen molar-refractivity contribution in [3.05, 3.63) is 108 Å². The standard InChI is InChI=1S/C20H20NO.C11H8N.Ir/c1-13(2)14-10-11-21-18(12-14)17-8-5-7-16-15-6-3-4-9-19(15)22-20(16)17;1-2-6-10(7-3-1)11-8-4-5-9-12-11;/h5,7,10-13H,3-4,6,9H2,1-2H3;1-6,8-9H;/q2*-1;. The SMILES string of the molecule is CC(C)c1ccnc(-c2[c-]ccc3c4c(oc23)CCCC4)c1.[Ir].[c-]1ccccc1-c1ccccn1. The van der Waals surface area contributed by atoms with E-state index in [1.54, 1.807) is 6.20 Å². The Kier molecular flexibility index (Phi) is 8.28. The van der Waals surface area contributed by atoms with Crippen LogP contribution in [-0.4, -0.2) is 9.97 Å². The van der Waals surface area contributed by atoms with E-state index in [1.165, 1.54) is 35.1 Å². The molecule has 0 unspecified atom stereocenters. The molecule has 1 aliphatic carbocycles. The van der Waals surface area contributed by atoms with E-state index in [1.807, 2.05) is 54.7 Å². The Bertz CT molecular complexity index is 1340. The molecular formula is C31H28IrN2O-2. The number of hydrogen-bond acceptors (Lipinski definition) is 3. The summed E-state index contributed by atoms with van der Waals surface area (Å²) in [5.41, 5.74) is 7.62. The zero-order valence-electron chi connectivity index (χ0n) is 20.0. The van der Waals surface area contributed by atoms with Gasteiger partial charge in [-0.2, -0.15) is 0 Å². The molecule has 6 rings (SSSR count). The maximum atomic E-state index is 6.21. The van der Waals surface area contributed by atoms with Gasteiger partial charge in [-0.05, 0) is 54.3 Å². The summed E-state index contributed by atoms with van der Waals surface area (Å²) in [5, 5.41) is 1.25. The Morgan fingerprint density at radius 3 is 2.43 bits per heavy atom. The number of benzene rings is 2. The van der Waals surface area contributed by atoms with E-state index in [-0.39, 0.29) is 20.1 Å². The second-order valence-electron chi connectivity index (χ2n) is 8.93. The smallest absolute Gasteiger partial charge is 0.0930 e. The maximum Gasteiger partial charge on any atom is 0.0930 e. The fourth-order valence-electron chi connectivity index (χ4n) is 4.43. The molecule has 1 aliphatic rings. The molecule has 3 aromatic heterocycles. The average molecular weight is 637 g/mol. The van der Waals surface area contributed by atoms with Crippen LogP contribution < -0.4 is 0 Å². The third-order valence-corrected chi connectivity index (χ3v) is 6.27.